The average Bonchev–Trinajstić information content (AvgIpc) is 2.15. The zero-order valence-electron chi connectivity index (χ0n) is 11.2. The van der Waals surface area contributed by atoms with Gasteiger partial charge in [-0.25, -0.2) is 0 Å². The molecule has 3 nitrogen and oxygen atoms in total. The Morgan fingerprint density at radius 3 is 2.25 bits per heavy atom. The van der Waals surface area contributed by atoms with Crippen molar-refractivity contribution in [3.05, 3.63) is 0 Å². The van der Waals surface area contributed by atoms with Crippen molar-refractivity contribution >= 4 is 0 Å². The highest BCUT2D eigenvalue weighted by atomic mass is 16.5. The van der Waals surface area contributed by atoms with Gasteiger partial charge in [0.1, 0.15) is 0 Å². The van der Waals surface area contributed by atoms with Gasteiger partial charge in [-0.15, -0.1) is 0 Å². The van der Waals surface area contributed by atoms with Crippen LogP contribution in [0, 0.1) is 5.92 Å². The van der Waals surface area contributed by atoms with Crippen LogP contribution in [-0.2, 0) is 4.74 Å². The number of hydrogen-bond donors (Lipinski definition) is 2. The molecule has 0 bridgehead atoms. The third-order valence-electron chi connectivity index (χ3n) is 3.07. The number of rotatable bonds is 4. The second-order valence-electron chi connectivity index (χ2n) is 6.36. The normalized spacial score (nSPS) is 23.1. The number of nitrogens with one attached hydrogen (secondary N) is 1. The number of hydrogen-bond acceptors (Lipinski definition) is 3. The zero-order valence-corrected chi connectivity index (χ0v) is 11.2. The maximum absolute atomic E-state index is 10.3. The van der Waals surface area contributed by atoms with Gasteiger partial charge < -0.3 is 15.2 Å². The van der Waals surface area contributed by atoms with Gasteiger partial charge in [0.15, 0.2) is 0 Å². The molecule has 0 aliphatic carbocycles. The molecule has 1 heterocycles. The van der Waals surface area contributed by atoms with Crippen LogP contribution in [0.5, 0.6) is 0 Å². The SMILES string of the molecule is CC(O)(CNC(C)(C)C)CC1CCOCC1. The Labute approximate surface area is 99.6 Å². The van der Waals surface area contributed by atoms with Crippen molar-refractivity contribution in [1.82, 2.24) is 5.32 Å². The minimum absolute atomic E-state index is 0.0691. The molecule has 0 spiro atoms. The summed E-state index contributed by atoms with van der Waals surface area (Å²) in [5, 5.41) is 13.7. The lowest BCUT2D eigenvalue weighted by Gasteiger charge is -2.33. The quantitative estimate of drug-likeness (QED) is 0.774. The van der Waals surface area contributed by atoms with Crippen molar-refractivity contribution in [1.29, 1.82) is 0 Å². The fourth-order valence-corrected chi connectivity index (χ4v) is 2.10. The lowest BCUT2D eigenvalue weighted by atomic mass is 9.86. The Balaban J connectivity index is 2.32. The molecule has 0 aromatic rings. The predicted octanol–water partition coefficient (Wildman–Crippen LogP) is 1.94. The first-order valence-corrected chi connectivity index (χ1v) is 6.34. The van der Waals surface area contributed by atoms with Gasteiger partial charge in [-0.05, 0) is 52.9 Å². The van der Waals surface area contributed by atoms with Gasteiger partial charge in [0.25, 0.3) is 0 Å². The van der Waals surface area contributed by atoms with Gasteiger partial charge in [0, 0.05) is 25.3 Å². The van der Waals surface area contributed by atoms with E-state index >= 15 is 0 Å². The lowest BCUT2D eigenvalue weighted by molar-refractivity contribution is -0.00245. The fourth-order valence-electron chi connectivity index (χ4n) is 2.10. The zero-order chi connectivity index (χ0) is 12.2. The minimum atomic E-state index is -0.602. The molecule has 1 aliphatic heterocycles. The average molecular weight is 229 g/mol. The second-order valence-corrected chi connectivity index (χ2v) is 6.36. The maximum Gasteiger partial charge on any atom is 0.0746 e. The van der Waals surface area contributed by atoms with Gasteiger partial charge in [0.2, 0.25) is 0 Å². The van der Waals surface area contributed by atoms with E-state index in [9.17, 15) is 5.11 Å². The molecule has 1 fully saturated rings. The van der Waals surface area contributed by atoms with Crippen LogP contribution < -0.4 is 5.32 Å². The molecule has 96 valence electrons. The Morgan fingerprint density at radius 1 is 1.19 bits per heavy atom. The molecule has 0 aromatic heterocycles. The van der Waals surface area contributed by atoms with Crippen molar-refractivity contribution in [3.8, 4) is 0 Å². The topological polar surface area (TPSA) is 41.5 Å². The molecule has 1 saturated heterocycles. The molecule has 0 saturated carbocycles. The first kappa shape index (κ1) is 13.9. The maximum atomic E-state index is 10.3. The molecular weight excluding hydrogens is 202 g/mol. The summed E-state index contributed by atoms with van der Waals surface area (Å²) < 4.78 is 5.33. The molecule has 1 unspecified atom stereocenters. The third-order valence-corrected chi connectivity index (χ3v) is 3.07. The van der Waals surface area contributed by atoms with Crippen LogP contribution in [0.25, 0.3) is 0 Å². The van der Waals surface area contributed by atoms with Crippen molar-refractivity contribution < 1.29 is 9.84 Å². The summed E-state index contributed by atoms with van der Waals surface area (Å²) in [7, 11) is 0. The van der Waals surface area contributed by atoms with E-state index < -0.39 is 5.60 Å². The van der Waals surface area contributed by atoms with E-state index in [0.29, 0.717) is 12.5 Å². The van der Waals surface area contributed by atoms with Gasteiger partial charge >= 0.3 is 0 Å². The van der Waals surface area contributed by atoms with Crippen LogP contribution >= 0.6 is 0 Å². The highest BCUT2D eigenvalue weighted by molar-refractivity contribution is 4.83. The van der Waals surface area contributed by atoms with Crippen LogP contribution in [0.1, 0.15) is 47.0 Å². The van der Waals surface area contributed by atoms with E-state index in [-0.39, 0.29) is 5.54 Å². The van der Waals surface area contributed by atoms with E-state index in [1.165, 1.54) is 0 Å². The molecule has 1 atom stereocenters. The molecule has 16 heavy (non-hydrogen) atoms. The molecular formula is C13H27NO2. The summed E-state index contributed by atoms with van der Waals surface area (Å²) in [6.07, 6.45) is 3.05. The van der Waals surface area contributed by atoms with E-state index in [2.05, 4.69) is 26.1 Å². The standard InChI is InChI=1S/C13H27NO2/c1-12(2,3)14-10-13(4,15)9-11-5-7-16-8-6-11/h11,14-15H,5-10H2,1-4H3. The summed E-state index contributed by atoms with van der Waals surface area (Å²) >= 11 is 0. The van der Waals surface area contributed by atoms with Gasteiger partial charge in [0.05, 0.1) is 5.60 Å². The molecule has 0 radical (unpaired) electrons. The van der Waals surface area contributed by atoms with Crippen LogP contribution in [-0.4, -0.2) is 36.0 Å². The first-order chi connectivity index (χ1) is 7.29. The molecule has 0 aromatic carbocycles. The van der Waals surface area contributed by atoms with Crippen LogP contribution in [0.15, 0.2) is 0 Å². The minimum Gasteiger partial charge on any atom is -0.389 e. The van der Waals surface area contributed by atoms with Crippen LogP contribution in [0.4, 0.5) is 0 Å². The lowest BCUT2D eigenvalue weighted by Crippen LogP contribution is -2.47. The van der Waals surface area contributed by atoms with Crippen LogP contribution in [0.2, 0.25) is 0 Å². The third kappa shape index (κ3) is 5.83. The highest BCUT2D eigenvalue weighted by Gasteiger charge is 2.27. The number of β-amino-alcohol motifs (C(OH)–C–C–N with tert-alkyl or cyclic N) is 1. The van der Waals surface area contributed by atoms with E-state index in [0.717, 1.165) is 32.5 Å². The summed E-state index contributed by atoms with van der Waals surface area (Å²) in [5.41, 5.74) is -0.533. The Hall–Kier alpha value is -0.120. The number of aliphatic hydroxyl groups is 1. The molecule has 3 heteroatoms. The Kier molecular flexibility index (Phi) is 4.77. The molecule has 1 rings (SSSR count). The van der Waals surface area contributed by atoms with E-state index in [1.54, 1.807) is 0 Å². The number of ether oxygens (including phenoxy) is 1. The van der Waals surface area contributed by atoms with Crippen molar-refractivity contribution in [3.63, 3.8) is 0 Å². The molecule has 1 aliphatic rings. The van der Waals surface area contributed by atoms with Crippen LogP contribution in [0.3, 0.4) is 0 Å². The van der Waals surface area contributed by atoms with Crippen molar-refractivity contribution in [2.45, 2.75) is 58.1 Å². The van der Waals surface area contributed by atoms with Gasteiger partial charge in [-0.3, -0.25) is 0 Å². The fraction of sp³-hybridized carbons (Fsp3) is 1.00. The van der Waals surface area contributed by atoms with Crippen molar-refractivity contribution in [2.75, 3.05) is 19.8 Å². The van der Waals surface area contributed by atoms with Crippen molar-refractivity contribution in [2.24, 2.45) is 5.92 Å². The summed E-state index contributed by atoms with van der Waals surface area (Å²) in [6, 6.07) is 0. The molecule has 0 amide bonds. The first-order valence-electron chi connectivity index (χ1n) is 6.34. The smallest absolute Gasteiger partial charge is 0.0746 e. The van der Waals surface area contributed by atoms with E-state index in [1.807, 2.05) is 6.92 Å². The second kappa shape index (κ2) is 5.48. The summed E-state index contributed by atoms with van der Waals surface area (Å²) in [6.45, 7) is 10.7. The van der Waals surface area contributed by atoms with E-state index in [4.69, 9.17) is 4.74 Å². The summed E-state index contributed by atoms with van der Waals surface area (Å²) in [4.78, 5) is 0. The predicted molar refractivity (Wildman–Crippen MR) is 66.5 cm³/mol. The highest BCUT2D eigenvalue weighted by Crippen LogP contribution is 2.25. The monoisotopic (exact) mass is 229 g/mol. The van der Waals surface area contributed by atoms with Gasteiger partial charge in [-0.2, -0.15) is 0 Å². The Bertz CT molecular complexity index is 202. The molecule has 2 N–H and O–H groups in total. The Morgan fingerprint density at radius 2 is 1.75 bits per heavy atom. The summed E-state index contributed by atoms with van der Waals surface area (Å²) in [5.74, 6) is 0.616. The van der Waals surface area contributed by atoms with Gasteiger partial charge in [-0.1, -0.05) is 0 Å². The largest absolute Gasteiger partial charge is 0.389 e.